The zero-order chi connectivity index (χ0) is 11.4. The molecule has 0 aliphatic carbocycles. The van der Waals surface area contributed by atoms with Crippen LogP contribution >= 0.6 is 8.81 Å². The maximum absolute atomic E-state index is 10.7. The average Bonchev–Trinajstić information content (AvgIpc) is 2.26. The summed E-state index contributed by atoms with van der Waals surface area (Å²) >= 11 is 0. The van der Waals surface area contributed by atoms with Gasteiger partial charge in [-0.25, -0.2) is 4.79 Å². The third-order valence-corrected chi connectivity index (χ3v) is 3.13. The van der Waals surface area contributed by atoms with Gasteiger partial charge in [-0.05, 0) is 6.42 Å². The van der Waals surface area contributed by atoms with Gasteiger partial charge in [0, 0.05) is 12.2 Å². The number of rotatable bonds is 10. The van der Waals surface area contributed by atoms with Crippen LogP contribution in [0.1, 0.15) is 51.9 Å². The van der Waals surface area contributed by atoms with Gasteiger partial charge < -0.3 is 4.52 Å². The molecule has 0 radical (unpaired) electrons. The molecule has 0 saturated heterocycles. The highest BCUT2D eigenvalue weighted by molar-refractivity contribution is 7.32. The Kier molecular flexibility index (Phi) is 11.4. The van der Waals surface area contributed by atoms with E-state index in [-0.39, 0.29) is 5.97 Å². The van der Waals surface area contributed by atoms with Gasteiger partial charge in [-0.1, -0.05) is 52.0 Å². The predicted molar refractivity (Wildman–Crippen MR) is 67.5 cm³/mol. The molecule has 0 fully saturated rings. The number of hydrogen-bond donors (Lipinski definition) is 0. The molecule has 0 heterocycles. The van der Waals surface area contributed by atoms with E-state index in [1.165, 1.54) is 51.0 Å². The van der Waals surface area contributed by atoms with E-state index >= 15 is 0 Å². The third-order valence-electron chi connectivity index (χ3n) is 2.22. The van der Waals surface area contributed by atoms with Crippen LogP contribution in [-0.4, -0.2) is 12.1 Å². The molecule has 2 nitrogen and oxygen atoms in total. The molecule has 0 rings (SSSR count). The summed E-state index contributed by atoms with van der Waals surface area (Å²) in [5, 5.41) is 0. The van der Waals surface area contributed by atoms with Gasteiger partial charge in [0.05, 0.1) is 8.81 Å². The fraction of sp³-hybridized carbons (Fsp3) is 0.750. The van der Waals surface area contributed by atoms with Crippen molar-refractivity contribution in [2.75, 3.05) is 6.16 Å². The molecule has 0 bridgehead atoms. The summed E-state index contributed by atoms with van der Waals surface area (Å²) < 4.78 is 4.91. The molecular formula is C12H23O2P. The van der Waals surface area contributed by atoms with E-state index in [0.29, 0.717) is 8.81 Å². The van der Waals surface area contributed by atoms with Crippen LogP contribution in [0.3, 0.4) is 0 Å². The molecule has 0 amide bonds. The Morgan fingerprint density at radius 2 is 1.80 bits per heavy atom. The molecule has 15 heavy (non-hydrogen) atoms. The Morgan fingerprint density at radius 3 is 2.40 bits per heavy atom. The molecule has 0 aromatic heterocycles. The van der Waals surface area contributed by atoms with Crippen LogP contribution in [0.25, 0.3) is 0 Å². The summed E-state index contributed by atoms with van der Waals surface area (Å²) in [7, 11) is 0.311. The first-order valence-corrected chi connectivity index (χ1v) is 6.99. The van der Waals surface area contributed by atoms with Crippen LogP contribution in [0, 0.1) is 0 Å². The van der Waals surface area contributed by atoms with Crippen LogP contribution in [0.5, 0.6) is 0 Å². The van der Waals surface area contributed by atoms with Gasteiger partial charge in [-0.3, -0.25) is 0 Å². The van der Waals surface area contributed by atoms with Crippen LogP contribution < -0.4 is 0 Å². The van der Waals surface area contributed by atoms with Crippen molar-refractivity contribution in [3.8, 4) is 0 Å². The first-order chi connectivity index (χ1) is 7.31. The minimum absolute atomic E-state index is 0.295. The fourth-order valence-corrected chi connectivity index (χ4v) is 2.04. The van der Waals surface area contributed by atoms with Crippen molar-refractivity contribution in [3.63, 3.8) is 0 Å². The van der Waals surface area contributed by atoms with E-state index in [0.717, 1.165) is 6.16 Å². The quantitative estimate of drug-likeness (QED) is 0.321. The molecule has 0 aromatic rings. The predicted octanol–water partition coefficient (Wildman–Crippen LogP) is 4.06. The molecule has 0 aliphatic heterocycles. The minimum atomic E-state index is -0.295. The van der Waals surface area contributed by atoms with Crippen molar-refractivity contribution in [2.24, 2.45) is 0 Å². The molecule has 0 aromatic carbocycles. The molecular weight excluding hydrogens is 207 g/mol. The molecule has 1 atom stereocenters. The summed E-state index contributed by atoms with van der Waals surface area (Å²) in [6.45, 7) is 5.58. The van der Waals surface area contributed by atoms with Gasteiger partial charge in [-0.2, -0.15) is 0 Å². The summed E-state index contributed by atoms with van der Waals surface area (Å²) in [4.78, 5) is 10.7. The lowest BCUT2D eigenvalue weighted by Crippen LogP contribution is -1.91. The molecule has 0 saturated carbocycles. The maximum atomic E-state index is 10.7. The van der Waals surface area contributed by atoms with Gasteiger partial charge in [0.25, 0.3) is 0 Å². The van der Waals surface area contributed by atoms with Crippen molar-refractivity contribution in [1.82, 2.24) is 0 Å². The highest BCUT2D eigenvalue weighted by Gasteiger charge is 1.95. The van der Waals surface area contributed by atoms with E-state index in [1.807, 2.05) is 0 Å². The third kappa shape index (κ3) is 11.6. The molecule has 0 spiro atoms. The number of carbonyl (C=O) groups excluding carboxylic acids is 1. The second-order valence-electron chi connectivity index (χ2n) is 3.64. The van der Waals surface area contributed by atoms with Crippen LogP contribution in [0.2, 0.25) is 0 Å². The summed E-state index contributed by atoms with van der Waals surface area (Å²) in [6, 6.07) is 0. The normalized spacial score (nSPS) is 10.7. The first-order valence-electron chi connectivity index (χ1n) is 5.87. The molecule has 1 unspecified atom stereocenters. The Labute approximate surface area is 95.3 Å². The summed E-state index contributed by atoms with van der Waals surface area (Å²) in [5.74, 6) is -0.295. The first kappa shape index (κ1) is 14.6. The van der Waals surface area contributed by atoms with Gasteiger partial charge >= 0.3 is 5.97 Å². The second-order valence-corrected chi connectivity index (χ2v) is 4.63. The summed E-state index contributed by atoms with van der Waals surface area (Å²) in [6.07, 6.45) is 11.4. The smallest absolute Gasteiger partial charge is 0.332 e. The zero-order valence-electron chi connectivity index (χ0n) is 9.76. The van der Waals surface area contributed by atoms with Crippen LogP contribution in [0.4, 0.5) is 0 Å². The van der Waals surface area contributed by atoms with Gasteiger partial charge in [0.15, 0.2) is 0 Å². The van der Waals surface area contributed by atoms with E-state index < -0.39 is 0 Å². The molecule has 3 heteroatoms. The topological polar surface area (TPSA) is 26.3 Å². The number of carbonyl (C=O) groups is 1. The van der Waals surface area contributed by atoms with E-state index in [2.05, 4.69) is 13.5 Å². The molecule has 0 aliphatic rings. The molecule has 0 N–H and O–H groups in total. The highest BCUT2D eigenvalue weighted by atomic mass is 31.1. The number of unbranched alkanes of at least 4 members (excludes halogenated alkanes) is 6. The van der Waals surface area contributed by atoms with E-state index in [4.69, 9.17) is 4.52 Å². The fourth-order valence-electron chi connectivity index (χ4n) is 1.32. The van der Waals surface area contributed by atoms with Crippen molar-refractivity contribution in [1.29, 1.82) is 0 Å². The largest absolute Gasteiger partial charge is 0.445 e. The Morgan fingerprint density at radius 1 is 1.20 bits per heavy atom. The SMILES string of the molecule is C=CC(=O)OPCCCCCCCCC. The van der Waals surface area contributed by atoms with Crippen molar-refractivity contribution in [2.45, 2.75) is 51.9 Å². The highest BCUT2D eigenvalue weighted by Crippen LogP contribution is 2.16. The lowest BCUT2D eigenvalue weighted by Gasteiger charge is -2.02. The van der Waals surface area contributed by atoms with E-state index in [9.17, 15) is 4.79 Å². The standard InChI is InChI=1S/C12H23O2P/c1-3-5-6-7-8-9-10-11-15-14-12(13)4-2/h4,15H,2-3,5-11H2,1H3. The van der Waals surface area contributed by atoms with Crippen molar-refractivity contribution >= 4 is 14.8 Å². The minimum Gasteiger partial charge on any atom is -0.445 e. The van der Waals surface area contributed by atoms with Gasteiger partial charge in [0.2, 0.25) is 0 Å². The Hall–Kier alpha value is -0.360. The Bertz CT molecular complexity index is 169. The Balaban J connectivity index is 2.98. The monoisotopic (exact) mass is 230 g/mol. The maximum Gasteiger partial charge on any atom is 0.332 e. The average molecular weight is 230 g/mol. The lowest BCUT2D eigenvalue weighted by atomic mass is 10.1. The zero-order valence-corrected chi connectivity index (χ0v) is 10.8. The van der Waals surface area contributed by atoms with Crippen LogP contribution in [0.15, 0.2) is 12.7 Å². The van der Waals surface area contributed by atoms with Crippen molar-refractivity contribution in [3.05, 3.63) is 12.7 Å². The lowest BCUT2D eigenvalue weighted by molar-refractivity contribution is -0.128. The van der Waals surface area contributed by atoms with Gasteiger partial charge in [0.1, 0.15) is 0 Å². The second kappa shape index (κ2) is 11.7. The number of hydrogen-bond acceptors (Lipinski definition) is 2. The molecule has 88 valence electrons. The van der Waals surface area contributed by atoms with Gasteiger partial charge in [-0.15, -0.1) is 0 Å². The van der Waals surface area contributed by atoms with E-state index in [1.54, 1.807) is 0 Å². The summed E-state index contributed by atoms with van der Waals surface area (Å²) in [5.41, 5.74) is 0. The van der Waals surface area contributed by atoms with Crippen molar-refractivity contribution < 1.29 is 9.32 Å². The van der Waals surface area contributed by atoms with Crippen LogP contribution in [-0.2, 0) is 9.32 Å².